The van der Waals surface area contributed by atoms with Crippen molar-refractivity contribution in [1.29, 1.82) is 5.26 Å². The molecule has 2 aliphatic rings. The van der Waals surface area contributed by atoms with Crippen molar-refractivity contribution in [2.45, 2.75) is 31.6 Å². The van der Waals surface area contributed by atoms with E-state index >= 15 is 0 Å². The van der Waals surface area contributed by atoms with Gasteiger partial charge in [-0.2, -0.15) is 5.26 Å². The van der Waals surface area contributed by atoms with E-state index < -0.39 is 5.92 Å². The first kappa shape index (κ1) is 17.1. The molecule has 1 heterocycles. The van der Waals surface area contributed by atoms with Crippen LogP contribution >= 0.6 is 0 Å². The fourth-order valence-electron chi connectivity index (χ4n) is 3.96. The number of carbonyl (C=O) groups excluding carboxylic acids is 1. The lowest BCUT2D eigenvalue weighted by atomic mass is 9.73. The molecule has 0 fully saturated rings. The van der Waals surface area contributed by atoms with E-state index in [1.54, 1.807) is 0 Å². The molecule has 0 radical (unpaired) electrons. The Morgan fingerprint density at radius 2 is 1.74 bits per heavy atom. The zero-order chi connectivity index (χ0) is 19.0. The largest absolute Gasteiger partial charge is 0.444 e. The standard InChI is InChI=1S/C23H20N2O2/c1-14-7-9-16(10-8-14)21-18(13-24)23(25)27-20-12-17(11-19(26)22(20)21)15-5-3-2-4-6-15/h2-10,17,21H,11-12,25H2,1H3/t17-,21-/m1/s1. The van der Waals surface area contributed by atoms with E-state index in [1.807, 2.05) is 61.5 Å². The molecule has 2 N–H and O–H groups in total. The quantitative estimate of drug-likeness (QED) is 0.875. The Morgan fingerprint density at radius 3 is 2.41 bits per heavy atom. The second-order valence-electron chi connectivity index (χ2n) is 7.11. The highest BCUT2D eigenvalue weighted by Gasteiger charge is 2.40. The molecule has 1 aliphatic heterocycles. The highest BCUT2D eigenvalue weighted by Crippen LogP contribution is 2.46. The second-order valence-corrected chi connectivity index (χ2v) is 7.11. The Morgan fingerprint density at radius 1 is 1.04 bits per heavy atom. The average Bonchev–Trinajstić information content (AvgIpc) is 2.68. The fourth-order valence-corrected chi connectivity index (χ4v) is 3.96. The van der Waals surface area contributed by atoms with Gasteiger partial charge in [0.15, 0.2) is 5.78 Å². The summed E-state index contributed by atoms with van der Waals surface area (Å²) in [6.45, 7) is 2.00. The van der Waals surface area contributed by atoms with Crippen LogP contribution < -0.4 is 5.73 Å². The van der Waals surface area contributed by atoms with E-state index in [9.17, 15) is 10.1 Å². The van der Waals surface area contributed by atoms with Gasteiger partial charge in [0.2, 0.25) is 5.88 Å². The van der Waals surface area contributed by atoms with Gasteiger partial charge < -0.3 is 10.5 Å². The van der Waals surface area contributed by atoms with Crippen LogP contribution in [0.25, 0.3) is 0 Å². The van der Waals surface area contributed by atoms with E-state index in [1.165, 1.54) is 0 Å². The molecule has 4 heteroatoms. The molecule has 0 spiro atoms. The number of hydrogen-bond donors (Lipinski definition) is 1. The number of nitriles is 1. The van der Waals surface area contributed by atoms with Gasteiger partial charge >= 0.3 is 0 Å². The van der Waals surface area contributed by atoms with Gasteiger partial charge in [-0.15, -0.1) is 0 Å². The van der Waals surface area contributed by atoms with Gasteiger partial charge in [-0.05, 0) is 24.0 Å². The zero-order valence-corrected chi connectivity index (χ0v) is 15.1. The second kappa shape index (κ2) is 6.77. The van der Waals surface area contributed by atoms with Gasteiger partial charge in [-0.1, -0.05) is 60.2 Å². The maximum Gasteiger partial charge on any atom is 0.205 e. The highest BCUT2D eigenvalue weighted by atomic mass is 16.5. The lowest BCUT2D eigenvalue weighted by molar-refractivity contribution is -0.117. The highest BCUT2D eigenvalue weighted by molar-refractivity contribution is 6.00. The molecule has 0 aromatic heterocycles. The number of Topliss-reactive ketones (excluding diaryl/α,β-unsaturated/α-hetero) is 1. The van der Waals surface area contributed by atoms with E-state index in [4.69, 9.17) is 10.5 Å². The molecule has 4 rings (SSSR count). The molecule has 2 atom stereocenters. The molecule has 0 amide bonds. The molecule has 0 saturated heterocycles. The van der Waals surface area contributed by atoms with Crippen molar-refractivity contribution in [3.8, 4) is 6.07 Å². The van der Waals surface area contributed by atoms with Crippen LogP contribution in [0.1, 0.15) is 41.4 Å². The topological polar surface area (TPSA) is 76.1 Å². The summed E-state index contributed by atoms with van der Waals surface area (Å²) >= 11 is 0. The Bertz CT molecular complexity index is 995. The SMILES string of the molecule is Cc1ccc([C@@H]2C(C#N)=C(N)OC3=C2C(=O)C[C@@H](c2ccccc2)C3)cc1. The van der Waals surface area contributed by atoms with Crippen molar-refractivity contribution in [3.63, 3.8) is 0 Å². The van der Waals surface area contributed by atoms with Crippen LogP contribution in [0, 0.1) is 18.3 Å². The molecular formula is C23H20N2O2. The lowest BCUT2D eigenvalue weighted by Crippen LogP contribution is -2.29. The van der Waals surface area contributed by atoms with Gasteiger partial charge in [-0.3, -0.25) is 4.79 Å². The van der Waals surface area contributed by atoms with E-state index in [-0.39, 0.29) is 17.6 Å². The molecule has 0 saturated carbocycles. The molecule has 4 nitrogen and oxygen atoms in total. The minimum absolute atomic E-state index is 0.0240. The summed E-state index contributed by atoms with van der Waals surface area (Å²) in [5.74, 6) is 0.331. The average molecular weight is 356 g/mol. The van der Waals surface area contributed by atoms with E-state index in [0.29, 0.717) is 29.7 Å². The van der Waals surface area contributed by atoms with Crippen LogP contribution in [0.4, 0.5) is 0 Å². The van der Waals surface area contributed by atoms with Gasteiger partial charge in [0.05, 0.1) is 5.92 Å². The van der Waals surface area contributed by atoms with Crippen molar-refractivity contribution in [3.05, 3.63) is 94.1 Å². The summed E-state index contributed by atoms with van der Waals surface area (Å²) in [5.41, 5.74) is 10.1. The number of ether oxygens (including phenoxy) is 1. The van der Waals surface area contributed by atoms with Crippen molar-refractivity contribution in [1.82, 2.24) is 0 Å². The first-order valence-corrected chi connectivity index (χ1v) is 9.04. The smallest absolute Gasteiger partial charge is 0.205 e. The molecule has 2 aromatic rings. The van der Waals surface area contributed by atoms with Crippen molar-refractivity contribution in [2.75, 3.05) is 0 Å². The third-order valence-electron chi connectivity index (χ3n) is 5.34. The Labute approximate surface area is 158 Å². The van der Waals surface area contributed by atoms with Gasteiger partial charge in [0, 0.05) is 18.4 Å². The molecule has 134 valence electrons. The summed E-state index contributed by atoms with van der Waals surface area (Å²) in [7, 11) is 0. The minimum atomic E-state index is -0.455. The fraction of sp³-hybridized carbons (Fsp3) is 0.217. The molecule has 27 heavy (non-hydrogen) atoms. The number of nitrogens with zero attached hydrogens (tertiary/aromatic N) is 1. The van der Waals surface area contributed by atoms with Gasteiger partial charge in [-0.25, -0.2) is 0 Å². The number of ketones is 1. The molecule has 2 aromatic carbocycles. The minimum Gasteiger partial charge on any atom is -0.444 e. The van der Waals surface area contributed by atoms with Gasteiger partial charge in [0.25, 0.3) is 0 Å². The summed E-state index contributed by atoms with van der Waals surface area (Å²) < 4.78 is 5.79. The lowest BCUT2D eigenvalue weighted by Gasteiger charge is -2.34. The summed E-state index contributed by atoms with van der Waals surface area (Å²) in [6, 6.07) is 20.0. The number of nitrogens with two attached hydrogens (primary N) is 1. The number of benzene rings is 2. The zero-order valence-electron chi connectivity index (χ0n) is 15.1. The maximum atomic E-state index is 13.1. The number of rotatable bonds is 2. The van der Waals surface area contributed by atoms with Crippen LogP contribution in [0.15, 0.2) is 77.4 Å². The van der Waals surface area contributed by atoms with Crippen LogP contribution in [0.3, 0.4) is 0 Å². The predicted octanol–water partition coefficient (Wildman–Crippen LogP) is 4.20. The number of aryl methyl sites for hydroxylation is 1. The Balaban J connectivity index is 1.79. The molecule has 0 bridgehead atoms. The number of allylic oxidation sites excluding steroid dienone is 3. The Hall–Kier alpha value is -3.32. The maximum absolute atomic E-state index is 13.1. The third kappa shape index (κ3) is 3.02. The van der Waals surface area contributed by atoms with Crippen molar-refractivity contribution >= 4 is 5.78 Å². The van der Waals surface area contributed by atoms with Crippen molar-refractivity contribution in [2.24, 2.45) is 5.73 Å². The van der Waals surface area contributed by atoms with Crippen molar-refractivity contribution < 1.29 is 9.53 Å². The van der Waals surface area contributed by atoms with Crippen LogP contribution in [0.5, 0.6) is 0 Å². The number of hydrogen-bond acceptors (Lipinski definition) is 4. The summed E-state index contributed by atoms with van der Waals surface area (Å²) in [6.07, 6.45) is 1.01. The van der Waals surface area contributed by atoms with Gasteiger partial charge in [0.1, 0.15) is 17.4 Å². The monoisotopic (exact) mass is 356 g/mol. The Kier molecular flexibility index (Phi) is 4.29. The summed E-state index contributed by atoms with van der Waals surface area (Å²) in [4.78, 5) is 13.1. The number of carbonyl (C=O) groups is 1. The first-order chi connectivity index (χ1) is 13.1. The summed E-state index contributed by atoms with van der Waals surface area (Å²) in [5, 5.41) is 9.65. The normalized spacial score (nSPS) is 22.1. The molecule has 1 aliphatic carbocycles. The van der Waals surface area contributed by atoms with Crippen LogP contribution in [0.2, 0.25) is 0 Å². The molecular weight excluding hydrogens is 336 g/mol. The third-order valence-corrected chi connectivity index (χ3v) is 5.34. The van der Waals surface area contributed by atoms with E-state index in [0.717, 1.165) is 16.7 Å². The first-order valence-electron chi connectivity index (χ1n) is 9.04. The van der Waals surface area contributed by atoms with Crippen LogP contribution in [-0.2, 0) is 9.53 Å². The molecule has 0 unspecified atom stereocenters. The van der Waals surface area contributed by atoms with Crippen LogP contribution in [-0.4, -0.2) is 5.78 Å². The van der Waals surface area contributed by atoms with E-state index in [2.05, 4.69) is 6.07 Å². The predicted molar refractivity (Wildman–Crippen MR) is 102 cm³/mol.